The molecule has 0 N–H and O–H groups in total. The van der Waals surface area contributed by atoms with E-state index in [1.165, 1.54) is 12.8 Å². The summed E-state index contributed by atoms with van der Waals surface area (Å²) in [6.45, 7) is 17.3. The SMILES string of the molecule is CCCCC1(C)C=C(C(C)(C)C)C(=O)C(C(C)(C)C)=C1. The van der Waals surface area contributed by atoms with Crippen molar-refractivity contribution >= 4 is 5.78 Å². The zero-order valence-corrected chi connectivity index (χ0v) is 14.7. The predicted octanol–water partition coefficient (Wildman–Crippen LogP) is 5.71. The molecule has 0 heterocycles. The number of Topliss-reactive ketones (excluding diaryl/α,β-unsaturated/α-hetero) is 1. The minimum Gasteiger partial charge on any atom is -0.289 e. The number of ketones is 1. The van der Waals surface area contributed by atoms with Crippen molar-refractivity contribution in [2.45, 2.75) is 74.7 Å². The van der Waals surface area contributed by atoms with Crippen LogP contribution in [0.1, 0.15) is 74.7 Å². The molecule has 0 aliphatic heterocycles. The first-order valence-electron chi connectivity index (χ1n) is 7.92. The molecule has 0 spiro atoms. The molecule has 0 saturated heterocycles. The van der Waals surface area contributed by atoms with Crippen LogP contribution in [0.3, 0.4) is 0 Å². The van der Waals surface area contributed by atoms with Gasteiger partial charge in [-0.1, -0.05) is 80.4 Å². The van der Waals surface area contributed by atoms with Gasteiger partial charge in [0.1, 0.15) is 0 Å². The summed E-state index contributed by atoms with van der Waals surface area (Å²) in [5.41, 5.74) is 1.83. The second-order valence-corrected chi connectivity index (χ2v) is 8.55. The maximum atomic E-state index is 12.8. The van der Waals surface area contributed by atoms with Gasteiger partial charge in [-0.25, -0.2) is 0 Å². The van der Waals surface area contributed by atoms with Crippen LogP contribution in [0.5, 0.6) is 0 Å². The molecule has 114 valence electrons. The van der Waals surface area contributed by atoms with Crippen molar-refractivity contribution in [3.8, 4) is 0 Å². The van der Waals surface area contributed by atoms with Gasteiger partial charge in [0, 0.05) is 16.6 Å². The van der Waals surface area contributed by atoms with Crippen molar-refractivity contribution in [2.75, 3.05) is 0 Å². The third-order valence-corrected chi connectivity index (χ3v) is 4.12. The Morgan fingerprint density at radius 3 is 1.65 bits per heavy atom. The Balaban J connectivity index is 3.33. The summed E-state index contributed by atoms with van der Waals surface area (Å²) >= 11 is 0. The average molecular weight is 276 g/mol. The van der Waals surface area contributed by atoms with E-state index < -0.39 is 0 Å². The lowest BCUT2D eigenvalue weighted by Gasteiger charge is -2.37. The van der Waals surface area contributed by atoms with Gasteiger partial charge in [0.15, 0.2) is 5.78 Å². The standard InChI is InChI=1S/C19H32O/c1-9-10-11-19(8)12-14(17(2,3)4)16(20)15(13-19)18(5,6)7/h12-13H,9-11H2,1-8H3. The van der Waals surface area contributed by atoms with E-state index in [4.69, 9.17) is 0 Å². The molecule has 0 aromatic carbocycles. The van der Waals surface area contributed by atoms with Gasteiger partial charge in [0.25, 0.3) is 0 Å². The van der Waals surface area contributed by atoms with Crippen LogP contribution >= 0.6 is 0 Å². The Labute approximate surface area is 125 Å². The molecule has 0 atom stereocenters. The Hall–Kier alpha value is -0.850. The van der Waals surface area contributed by atoms with E-state index in [9.17, 15) is 4.79 Å². The molecule has 0 saturated carbocycles. The number of unbranched alkanes of at least 4 members (excludes halogenated alkanes) is 1. The number of carbonyl (C=O) groups excluding carboxylic acids is 1. The summed E-state index contributed by atoms with van der Waals surface area (Å²) in [5.74, 6) is 0.249. The summed E-state index contributed by atoms with van der Waals surface area (Å²) in [6.07, 6.45) is 7.99. The van der Waals surface area contributed by atoms with Crippen LogP contribution in [0.2, 0.25) is 0 Å². The Morgan fingerprint density at radius 2 is 1.35 bits per heavy atom. The first kappa shape index (κ1) is 17.2. The van der Waals surface area contributed by atoms with Crippen molar-refractivity contribution in [2.24, 2.45) is 16.2 Å². The third kappa shape index (κ3) is 3.84. The Morgan fingerprint density at radius 1 is 0.950 bits per heavy atom. The van der Waals surface area contributed by atoms with E-state index in [1.807, 2.05) is 0 Å². The highest BCUT2D eigenvalue weighted by Crippen LogP contribution is 2.44. The van der Waals surface area contributed by atoms with E-state index in [0.717, 1.165) is 17.6 Å². The summed E-state index contributed by atoms with van der Waals surface area (Å²) < 4.78 is 0. The molecule has 0 amide bonds. The Bertz CT molecular complexity index is 401. The van der Waals surface area contributed by atoms with Crippen LogP contribution in [0.4, 0.5) is 0 Å². The van der Waals surface area contributed by atoms with E-state index in [-0.39, 0.29) is 22.0 Å². The molecule has 1 rings (SSSR count). The molecule has 0 unspecified atom stereocenters. The van der Waals surface area contributed by atoms with Gasteiger partial charge < -0.3 is 0 Å². The fourth-order valence-electron chi connectivity index (χ4n) is 2.79. The maximum absolute atomic E-state index is 12.8. The van der Waals surface area contributed by atoms with Crippen molar-refractivity contribution in [3.63, 3.8) is 0 Å². The normalized spacial score (nSPS) is 19.7. The van der Waals surface area contributed by atoms with Crippen LogP contribution in [-0.4, -0.2) is 5.78 Å². The van der Waals surface area contributed by atoms with Crippen molar-refractivity contribution in [1.82, 2.24) is 0 Å². The highest BCUT2D eigenvalue weighted by atomic mass is 16.1. The smallest absolute Gasteiger partial charge is 0.185 e. The first-order chi connectivity index (χ1) is 8.91. The summed E-state index contributed by atoms with van der Waals surface area (Å²) in [4.78, 5) is 12.8. The fourth-order valence-corrected chi connectivity index (χ4v) is 2.79. The highest BCUT2D eigenvalue weighted by molar-refractivity contribution is 6.10. The second kappa shape index (κ2) is 5.50. The number of carbonyl (C=O) groups is 1. The largest absolute Gasteiger partial charge is 0.289 e. The molecule has 1 aliphatic rings. The van der Waals surface area contributed by atoms with E-state index >= 15 is 0 Å². The molecule has 0 radical (unpaired) electrons. The molecule has 0 aromatic heterocycles. The van der Waals surface area contributed by atoms with E-state index in [0.29, 0.717) is 0 Å². The zero-order chi connectivity index (χ0) is 15.8. The van der Waals surface area contributed by atoms with Gasteiger partial charge in [-0.2, -0.15) is 0 Å². The van der Waals surface area contributed by atoms with Crippen molar-refractivity contribution in [3.05, 3.63) is 23.3 Å². The summed E-state index contributed by atoms with van der Waals surface area (Å²) in [7, 11) is 0. The van der Waals surface area contributed by atoms with Gasteiger partial charge in [0.2, 0.25) is 0 Å². The monoisotopic (exact) mass is 276 g/mol. The maximum Gasteiger partial charge on any atom is 0.185 e. The van der Waals surface area contributed by atoms with Crippen LogP contribution in [0.25, 0.3) is 0 Å². The molecular formula is C19H32O. The quantitative estimate of drug-likeness (QED) is 0.645. The van der Waals surface area contributed by atoms with E-state index in [1.54, 1.807) is 0 Å². The van der Waals surface area contributed by atoms with Gasteiger partial charge in [0.05, 0.1) is 0 Å². The van der Waals surface area contributed by atoms with Crippen LogP contribution in [-0.2, 0) is 4.79 Å². The summed E-state index contributed by atoms with van der Waals surface area (Å²) in [5, 5.41) is 0. The first-order valence-corrected chi connectivity index (χ1v) is 7.92. The minimum atomic E-state index is -0.0880. The lowest BCUT2D eigenvalue weighted by atomic mass is 9.66. The molecule has 1 aliphatic carbocycles. The van der Waals surface area contributed by atoms with E-state index in [2.05, 4.69) is 67.5 Å². The molecule has 1 heteroatoms. The number of rotatable bonds is 3. The fraction of sp³-hybridized carbons (Fsp3) is 0.737. The second-order valence-electron chi connectivity index (χ2n) is 8.55. The van der Waals surface area contributed by atoms with Gasteiger partial charge in [-0.15, -0.1) is 0 Å². The molecule has 1 nitrogen and oxygen atoms in total. The van der Waals surface area contributed by atoms with Gasteiger partial charge in [-0.3, -0.25) is 4.79 Å². The topological polar surface area (TPSA) is 17.1 Å². The van der Waals surface area contributed by atoms with Crippen LogP contribution < -0.4 is 0 Å². The van der Waals surface area contributed by atoms with Crippen molar-refractivity contribution < 1.29 is 4.79 Å². The minimum absolute atomic E-state index is 0.0230. The molecular weight excluding hydrogens is 244 g/mol. The molecule has 0 aromatic rings. The van der Waals surface area contributed by atoms with Crippen LogP contribution in [0.15, 0.2) is 23.3 Å². The summed E-state index contributed by atoms with van der Waals surface area (Å²) in [6, 6.07) is 0. The number of allylic oxidation sites excluding steroid dienone is 4. The zero-order valence-electron chi connectivity index (χ0n) is 14.7. The molecule has 0 bridgehead atoms. The van der Waals surface area contributed by atoms with Crippen molar-refractivity contribution in [1.29, 1.82) is 0 Å². The predicted molar refractivity (Wildman–Crippen MR) is 87.7 cm³/mol. The van der Waals surface area contributed by atoms with Gasteiger partial charge in [-0.05, 0) is 17.3 Å². The highest BCUT2D eigenvalue weighted by Gasteiger charge is 2.38. The van der Waals surface area contributed by atoms with Crippen LogP contribution in [0, 0.1) is 16.2 Å². The van der Waals surface area contributed by atoms with Gasteiger partial charge >= 0.3 is 0 Å². The molecule has 20 heavy (non-hydrogen) atoms. The number of hydrogen-bond acceptors (Lipinski definition) is 1. The average Bonchev–Trinajstić information content (AvgIpc) is 2.27. The Kier molecular flexibility index (Phi) is 4.73. The number of hydrogen-bond donors (Lipinski definition) is 0. The third-order valence-electron chi connectivity index (χ3n) is 4.12. The molecule has 0 fully saturated rings. The lowest BCUT2D eigenvalue weighted by Crippen LogP contribution is -2.32. The lowest BCUT2D eigenvalue weighted by molar-refractivity contribution is -0.114.